The van der Waals surface area contributed by atoms with E-state index in [-0.39, 0.29) is 17.8 Å². The predicted octanol–water partition coefficient (Wildman–Crippen LogP) is 1.53. The van der Waals surface area contributed by atoms with Crippen LogP contribution in [0.3, 0.4) is 0 Å². The van der Waals surface area contributed by atoms with Crippen molar-refractivity contribution < 1.29 is 18.8 Å². The van der Waals surface area contributed by atoms with Gasteiger partial charge in [0.1, 0.15) is 17.3 Å². The number of aliphatic hydroxyl groups excluding tert-OH is 1. The summed E-state index contributed by atoms with van der Waals surface area (Å²) in [4.78, 5) is 11.2. The fourth-order valence-corrected chi connectivity index (χ4v) is 1.67. The van der Waals surface area contributed by atoms with Crippen LogP contribution < -0.4 is 4.90 Å². The standard InChI is InChI=1S/C11H11F2N3O3/c12-10(13)7-15(4-5-17)9-3-1-2-8(6-14)11(9)16(18)19/h1-3,10,17H,4-5,7H2. The highest BCUT2D eigenvalue weighted by molar-refractivity contribution is 5.69. The van der Waals surface area contributed by atoms with E-state index in [4.69, 9.17) is 10.4 Å². The van der Waals surface area contributed by atoms with E-state index in [2.05, 4.69) is 0 Å². The van der Waals surface area contributed by atoms with E-state index in [1.807, 2.05) is 0 Å². The van der Waals surface area contributed by atoms with E-state index in [1.165, 1.54) is 18.2 Å². The third kappa shape index (κ3) is 3.59. The lowest BCUT2D eigenvalue weighted by Crippen LogP contribution is -2.32. The molecule has 0 aromatic heterocycles. The highest BCUT2D eigenvalue weighted by atomic mass is 19.3. The van der Waals surface area contributed by atoms with Gasteiger partial charge in [-0.1, -0.05) is 6.07 Å². The fraction of sp³-hybridized carbons (Fsp3) is 0.364. The van der Waals surface area contributed by atoms with Gasteiger partial charge in [0, 0.05) is 6.54 Å². The normalized spacial score (nSPS) is 10.3. The molecule has 0 amide bonds. The minimum Gasteiger partial charge on any atom is -0.395 e. The number of halogens is 2. The molecule has 1 aromatic carbocycles. The van der Waals surface area contributed by atoms with Crippen molar-refractivity contribution in [3.63, 3.8) is 0 Å². The van der Waals surface area contributed by atoms with Crippen LogP contribution >= 0.6 is 0 Å². The van der Waals surface area contributed by atoms with E-state index in [0.717, 1.165) is 4.90 Å². The van der Waals surface area contributed by atoms with Gasteiger partial charge < -0.3 is 10.0 Å². The monoisotopic (exact) mass is 271 g/mol. The van der Waals surface area contributed by atoms with Crippen molar-refractivity contribution in [2.24, 2.45) is 0 Å². The predicted molar refractivity (Wildman–Crippen MR) is 63.1 cm³/mol. The topological polar surface area (TPSA) is 90.4 Å². The summed E-state index contributed by atoms with van der Waals surface area (Å²) >= 11 is 0. The molecule has 0 aliphatic heterocycles. The maximum atomic E-state index is 12.5. The first kappa shape index (κ1) is 14.8. The SMILES string of the molecule is N#Cc1cccc(N(CCO)CC(F)F)c1[N+](=O)[O-]. The number of nitriles is 1. The Balaban J connectivity index is 3.29. The summed E-state index contributed by atoms with van der Waals surface area (Å²) in [6.45, 7) is -1.36. The third-order valence-corrected chi connectivity index (χ3v) is 2.39. The molecule has 6 nitrogen and oxygen atoms in total. The maximum absolute atomic E-state index is 12.5. The number of rotatable bonds is 6. The van der Waals surface area contributed by atoms with Crippen molar-refractivity contribution in [1.82, 2.24) is 0 Å². The first-order valence-corrected chi connectivity index (χ1v) is 5.32. The lowest BCUT2D eigenvalue weighted by atomic mass is 10.1. The molecule has 0 saturated heterocycles. The summed E-state index contributed by atoms with van der Waals surface area (Å²) in [5.41, 5.74) is -0.836. The molecule has 102 valence electrons. The second-order valence-corrected chi connectivity index (χ2v) is 3.60. The fourth-order valence-electron chi connectivity index (χ4n) is 1.67. The van der Waals surface area contributed by atoms with Gasteiger partial charge in [0.05, 0.1) is 18.1 Å². The van der Waals surface area contributed by atoms with Gasteiger partial charge in [-0.05, 0) is 12.1 Å². The number of hydrogen-bond donors (Lipinski definition) is 1. The zero-order valence-electron chi connectivity index (χ0n) is 9.79. The van der Waals surface area contributed by atoms with E-state index in [9.17, 15) is 18.9 Å². The largest absolute Gasteiger partial charge is 0.395 e. The number of nitro benzene ring substituents is 1. The van der Waals surface area contributed by atoms with Crippen molar-refractivity contribution in [1.29, 1.82) is 5.26 Å². The van der Waals surface area contributed by atoms with Crippen LogP contribution in [0.15, 0.2) is 18.2 Å². The van der Waals surface area contributed by atoms with Gasteiger partial charge >= 0.3 is 5.69 Å². The van der Waals surface area contributed by atoms with Crippen molar-refractivity contribution in [2.45, 2.75) is 6.43 Å². The third-order valence-electron chi connectivity index (χ3n) is 2.39. The highest BCUT2D eigenvalue weighted by Gasteiger charge is 2.25. The maximum Gasteiger partial charge on any atom is 0.310 e. The zero-order valence-corrected chi connectivity index (χ0v) is 9.79. The molecule has 0 bridgehead atoms. The molecule has 19 heavy (non-hydrogen) atoms. The zero-order chi connectivity index (χ0) is 14.4. The molecule has 0 saturated carbocycles. The molecule has 0 heterocycles. The van der Waals surface area contributed by atoms with E-state index in [0.29, 0.717) is 0 Å². The Hall–Kier alpha value is -2.27. The Kier molecular flexibility index (Phi) is 5.14. The Morgan fingerprint density at radius 1 is 1.53 bits per heavy atom. The lowest BCUT2D eigenvalue weighted by Gasteiger charge is -2.23. The van der Waals surface area contributed by atoms with Crippen molar-refractivity contribution in [2.75, 3.05) is 24.6 Å². The van der Waals surface area contributed by atoms with Gasteiger partial charge in [0.15, 0.2) is 0 Å². The number of alkyl halides is 2. The molecule has 0 fully saturated rings. The van der Waals surface area contributed by atoms with Crippen molar-refractivity contribution in [3.05, 3.63) is 33.9 Å². The molecule has 0 aliphatic rings. The van der Waals surface area contributed by atoms with Gasteiger partial charge in [0.2, 0.25) is 0 Å². The van der Waals surface area contributed by atoms with Crippen LogP contribution in [0.25, 0.3) is 0 Å². The number of para-hydroxylation sites is 1. The summed E-state index contributed by atoms with van der Waals surface area (Å²) in [5, 5.41) is 28.6. The molecule has 0 radical (unpaired) electrons. The van der Waals surface area contributed by atoms with E-state index >= 15 is 0 Å². The van der Waals surface area contributed by atoms with Crippen molar-refractivity contribution in [3.8, 4) is 6.07 Å². The van der Waals surface area contributed by atoms with Crippen LogP contribution in [0.5, 0.6) is 0 Å². The molecule has 0 unspecified atom stereocenters. The second kappa shape index (κ2) is 6.61. The van der Waals surface area contributed by atoms with Crippen LogP contribution in [0.2, 0.25) is 0 Å². The minimum atomic E-state index is -2.71. The number of anilines is 1. The van der Waals surface area contributed by atoms with Crippen LogP contribution in [0, 0.1) is 21.4 Å². The van der Waals surface area contributed by atoms with Gasteiger partial charge in [-0.3, -0.25) is 10.1 Å². The van der Waals surface area contributed by atoms with Crippen LogP contribution in [0.4, 0.5) is 20.2 Å². The van der Waals surface area contributed by atoms with E-state index in [1.54, 1.807) is 6.07 Å². The molecule has 0 atom stereocenters. The summed E-state index contributed by atoms with van der Waals surface area (Å²) in [6.07, 6.45) is -2.71. The lowest BCUT2D eigenvalue weighted by molar-refractivity contribution is -0.384. The van der Waals surface area contributed by atoms with E-state index < -0.39 is 30.2 Å². The van der Waals surface area contributed by atoms with Gasteiger partial charge in [0.25, 0.3) is 6.43 Å². The second-order valence-electron chi connectivity index (χ2n) is 3.60. The smallest absolute Gasteiger partial charge is 0.310 e. The molecule has 1 aromatic rings. The van der Waals surface area contributed by atoms with Crippen LogP contribution in [-0.4, -0.2) is 36.2 Å². The molecule has 8 heteroatoms. The first-order valence-electron chi connectivity index (χ1n) is 5.32. The summed E-state index contributed by atoms with van der Waals surface area (Å²) in [6, 6.07) is 5.53. The average Bonchev–Trinajstić information content (AvgIpc) is 2.36. The molecule has 0 spiro atoms. The number of benzene rings is 1. The average molecular weight is 271 g/mol. The number of nitrogens with zero attached hydrogens (tertiary/aromatic N) is 3. The molecule has 1 N–H and O–H groups in total. The molecule has 0 aliphatic carbocycles. The van der Waals surface area contributed by atoms with Gasteiger partial charge in [-0.15, -0.1) is 0 Å². The molecular weight excluding hydrogens is 260 g/mol. The van der Waals surface area contributed by atoms with Gasteiger partial charge in [-0.25, -0.2) is 8.78 Å². The number of aliphatic hydroxyl groups is 1. The number of hydrogen-bond acceptors (Lipinski definition) is 5. The minimum absolute atomic E-state index is 0.0987. The summed E-state index contributed by atoms with van der Waals surface area (Å²) in [7, 11) is 0. The molecule has 1 rings (SSSR count). The first-order chi connectivity index (χ1) is 9.01. The molecular formula is C11H11F2N3O3. The Morgan fingerprint density at radius 2 is 2.21 bits per heavy atom. The van der Waals surface area contributed by atoms with Crippen LogP contribution in [-0.2, 0) is 0 Å². The highest BCUT2D eigenvalue weighted by Crippen LogP contribution is 2.31. The summed E-state index contributed by atoms with van der Waals surface area (Å²) in [5.74, 6) is 0. The van der Waals surface area contributed by atoms with Crippen molar-refractivity contribution >= 4 is 11.4 Å². The number of nitro groups is 1. The van der Waals surface area contributed by atoms with Crippen LogP contribution in [0.1, 0.15) is 5.56 Å². The van der Waals surface area contributed by atoms with Gasteiger partial charge in [-0.2, -0.15) is 5.26 Å². The Labute approximate surface area is 107 Å². The summed E-state index contributed by atoms with van der Waals surface area (Å²) < 4.78 is 24.9. The Bertz CT molecular complexity index is 502. The quantitative estimate of drug-likeness (QED) is 0.626. The Morgan fingerprint density at radius 3 is 2.68 bits per heavy atom.